The van der Waals surface area contributed by atoms with Gasteiger partial charge in [0, 0.05) is 10.6 Å². The second-order valence-electron chi connectivity index (χ2n) is 4.08. The molecule has 0 fully saturated rings. The first-order valence-corrected chi connectivity index (χ1v) is 7.85. The topological polar surface area (TPSA) is 46.5 Å². The van der Waals surface area contributed by atoms with Gasteiger partial charge in [0.15, 0.2) is 0 Å². The van der Waals surface area contributed by atoms with Gasteiger partial charge in [-0.3, -0.25) is 0 Å². The number of hydrogen-bond donors (Lipinski definition) is 1. The zero-order chi connectivity index (χ0) is 15.2. The normalized spacial score (nSPS) is 10.4. The Bertz CT molecular complexity index is 629. The highest BCUT2D eigenvalue weighted by Crippen LogP contribution is 2.32. The summed E-state index contributed by atoms with van der Waals surface area (Å²) in [5.41, 5.74) is 0.238. The van der Waals surface area contributed by atoms with E-state index in [0.29, 0.717) is 28.2 Å². The van der Waals surface area contributed by atoms with Crippen LogP contribution >= 0.6 is 35.0 Å². The Morgan fingerprint density at radius 2 is 1.86 bits per heavy atom. The first kappa shape index (κ1) is 16.0. The smallest absolute Gasteiger partial charge is 0.335 e. The van der Waals surface area contributed by atoms with Gasteiger partial charge >= 0.3 is 5.97 Å². The molecule has 0 aliphatic heterocycles. The molecule has 0 spiro atoms. The fraction of sp³-hybridized carbons (Fsp3) is 0.133. The molecular weight excluding hydrogens is 331 g/mol. The van der Waals surface area contributed by atoms with Crippen molar-refractivity contribution in [1.82, 2.24) is 0 Å². The van der Waals surface area contributed by atoms with Crippen molar-refractivity contribution < 1.29 is 14.6 Å². The van der Waals surface area contributed by atoms with Crippen LogP contribution in [0.4, 0.5) is 0 Å². The molecule has 21 heavy (non-hydrogen) atoms. The van der Waals surface area contributed by atoms with E-state index in [-0.39, 0.29) is 5.56 Å². The summed E-state index contributed by atoms with van der Waals surface area (Å²) in [5, 5.41) is 9.88. The molecule has 0 radical (unpaired) electrons. The van der Waals surface area contributed by atoms with Crippen LogP contribution in [0.5, 0.6) is 5.75 Å². The van der Waals surface area contributed by atoms with E-state index < -0.39 is 5.97 Å². The molecule has 6 heteroatoms. The molecule has 110 valence electrons. The van der Waals surface area contributed by atoms with E-state index in [4.69, 9.17) is 33.0 Å². The van der Waals surface area contributed by atoms with Gasteiger partial charge in [0.2, 0.25) is 0 Å². The Morgan fingerprint density at radius 3 is 2.52 bits per heavy atom. The predicted octanol–water partition coefficient (Wildman–Crippen LogP) is 4.86. The summed E-state index contributed by atoms with van der Waals surface area (Å²) in [6.45, 7) is 0.486. The maximum atomic E-state index is 10.7. The van der Waals surface area contributed by atoms with Crippen LogP contribution in [0.1, 0.15) is 10.4 Å². The summed E-state index contributed by atoms with van der Waals surface area (Å²) in [6.07, 6.45) is 0. The van der Waals surface area contributed by atoms with E-state index >= 15 is 0 Å². The van der Waals surface area contributed by atoms with Crippen LogP contribution in [0, 0.1) is 0 Å². The summed E-state index contributed by atoms with van der Waals surface area (Å²) in [5.74, 6) is 0.395. The summed E-state index contributed by atoms with van der Waals surface area (Å²) in [4.78, 5) is 11.6. The number of hydrogen-bond acceptors (Lipinski definition) is 3. The fourth-order valence-corrected chi connectivity index (χ4v) is 2.92. The highest BCUT2D eigenvalue weighted by molar-refractivity contribution is 7.99. The molecule has 0 saturated heterocycles. The first-order chi connectivity index (χ1) is 10.1. The van der Waals surface area contributed by atoms with Crippen molar-refractivity contribution in [3.05, 3.63) is 58.1 Å². The lowest BCUT2D eigenvalue weighted by molar-refractivity contribution is 0.0697. The Hall–Kier alpha value is -1.36. The second kappa shape index (κ2) is 7.59. The third kappa shape index (κ3) is 4.56. The van der Waals surface area contributed by atoms with Gasteiger partial charge in [0.1, 0.15) is 5.75 Å². The zero-order valence-corrected chi connectivity index (χ0v) is 13.2. The van der Waals surface area contributed by atoms with Gasteiger partial charge in [-0.15, -0.1) is 11.8 Å². The number of rotatable bonds is 6. The van der Waals surface area contributed by atoms with E-state index in [1.807, 2.05) is 12.1 Å². The van der Waals surface area contributed by atoms with Gasteiger partial charge in [-0.1, -0.05) is 29.3 Å². The van der Waals surface area contributed by atoms with Gasteiger partial charge in [-0.2, -0.15) is 0 Å². The molecule has 3 nitrogen and oxygen atoms in total. The van der Waals surface area contributed by atoms with Crippen LogP contribution in [0.3, 0.4) is 0 Å². The average molecular weight is 343 g/mol. The Labute approximate surface area is 136 Å². The SMILES string of the molecule is O=C(O)c1ccc(OCCSc2cccc(Cl)c2Cl)cc1. The second-order valence-corrected chi connectivity index (χ2v) is 6.00. The van der Waals surface area contributed by atoms with E-state index in [0.717, 1.165) is 4.90 Å². The quantitative estimate of drug-likeness (QED) is 0.601. The van der Waals surface area contributed by atoms with Crippen molar-refractivity contribution in [3.8, 4) is 5.75 Å². The molecule has 0 amide bonds. The van der Waals surface area contributed by atoms with E-state index in [1.165, 1.54) is 12.1 Å². The van der Waals surface area contributed by atoms with E-state index in [9.17, 15) is 4.79 Å². The van der Waals surface area contributed by atoms with Crippen LogP contribution in [0.2, 0.25) is 10.0 Å². The Kier molecular flexibility index (Phi) is 5.79. The van der Waals surface area contributed by atoms with Gasteiger partial charge in [-0.25, -0.2) is 4.79 Å². The lowest BCUT2D eigenvalue weighted by atomic mass is 10.2. The molecule has 0 saturated carbocycles. The van der Waals surface area contributed by atoms with Crippen molar-refractivity contribution in [2.75, 3.05) is 12.4 Å². The van der Waals surface area contributed by atoms with E-state index in [2.05, 4.69) is 0 Å². The third-order valence-corrected chi connectivity index (χ3v) is 4.58. The molecule has 0 aliphatic rings. The molecule has 1 N–H and O–H groups in total. The number of carboxylic acids is 1. The van der Waals surface area contributed by atoms with Crippen molar-refractivity contribution in [3.63, 3.8) is 0 Å². The maximum Gasteiger partial charge on any atom is 0.335 e. The van der Waals surface area contributed by atoms with Gasteiger partial charge < -0.3 is 9.84 Å². The summed E-state index contributed by atoms with van der Waals surface area (Å²) in [7, 11) is 0. The molecule has 2 aromatic carbocycles. The molecule has 0 heterocycles. The number of benzene rings is 2. The predicted molar refractivity (Wildman–Crippen MR) is 86.1 cm³/mol. The maximum absolute atomic E-state index is 10.7. The van der Waals surface area contributed by atoms with Crippen LogP contribution in [-0.2, 0) is 0 Å². The van der Waals surface area contributed by atoms with Gasteiger partial charge in [-0.05, 0) is 36.4 Å². The van der Waals surface area contributed by atoms with Crippen molar-refractivity contribution in [2.24, 2.45) is 0 Å². The minimum Gasteiger partial charge on any atom is -0.493 e. The summed E-state index contributed by atoms with van der Waals surface area (Å²) >= 11 is 13.6. The minimum absolute atomic E-state index is 0.238. The highest BCUT2D eigenvalue weighted by atomic mass is 35.5. The molecule has 0 bridgehead atoms. The molecule has 0 unspecified atom stereocenters. The lowest BCUT2D eigenvalue weighted by Gasteiger charge is -2.08. The van der Waals surface area contributed by atoms with Crippen molar-refractivity contribution >= 4 is 40.9 Å². The third-order valence-electron chi connectivity index (χ3n) is 2.63. The van der Waals surface area contributed by atoms with Crippen molar-refractivity contribution in [1.29, 1.82) is 0 Å². The van der Waals surface area contributed by atoms with E-state index in [1.54, 1.807) is 30.0 Å². The van der Waals surface area contributed by atoms with Crippen molar-refractivity contribution in [2.45, 2.75) is 4.90 Å². The number of aromatic carboxylic acids is 1. The monoisotopic (exact) mass is 342 g/mol. The summed E-state index contributed by atoms with van der Waals surface area (Å²) < 4.78 is 5.54. The number of carboxylic acid groups (broad SMARTS) is 1. The number of thioether (sulfide) groups is 1. The molecule has 0 aromatic heterocycles. The standard InChI is InChI=1S/C15H12Cl2O3S/c16-12-2-1-3-13(14(12)17)21-9-8-20-11-6-4-10(5-7-11)15(18)19/h1-7H,8-9H2,(H,18,19). The number of carbonyl (C=O) groups is 1. The van der Waals surface area contributed by atoms with Gasteiger partial charge in [0.05, 0.1) is 22.2 Å². The van der Waals surface area contributed by atoms with Crippen LogP contribution in [-0.4, -0.2) is 23.4 Å². The fourth-order valence-electron chi connectivity index (χ4n) is 1.60. The minimum atomic E-state index is -0.951. The summed E-state index contributed by atoms with van der Waals surface area (Å²) in [6, 6.07) is 11.8. The van der Waals surface area contributed by atoms with Crippen LogP contribution < -0.4 is 4.74 Å². The Morgan fingerprint density at radius 1 is 1.14 bits per heavy atom. The first-order valence-electron chi connectivity index (χ1n) is 6.11. The number of halogens is 2. The molecule has 0 aliphatic carbocycles. The van der Waals surface area contributed by atoms with Crippen LogP contribution in [0.15, 0.2) is 47.4 Å². The molecular formula is C15H12Cl2O3S. The number of ether oxygens (including phenoxy) is 1. The largest absolute Gasteiger partial charge is 0.493 e. The molecule has 2 rings (SSSR count). The van der Waals surface area contributed by atoms with Gasteiger partial charge in [0.25, 0.3) is 0 Å². The highest BCUT2D eigenvalue weighted by Gasteiger charge is 2.05. The van der Waals surface area contributed by atoms with Crippen LogP contribution in [0.25, 0.3) is 0 Å². The zero-order valence-electron chi connectivity index (χ0n) is 10.9. The lowest BCUT2D eigenvalue weighted by Crippen LogP contribution is -2.01. The average Bonchev–Trinajstić information content (AvgIpc) is 2.48. The molecule has 0 atom stereocenters. The Balaban J connectivity index is 1.82. The molecule has 2 aromatic rings.